The van der Waals surface area contributed by atoms with E-state index in [0.29, 0.717) is 34.0 Å². The van der Waals surface area contributed by atoms with Crippen LogP contribution in [0, 0.1) is 0 Å². The molecular formula is C20H15BrCl3NO. The molecular weight excluding hydrogens is 456 g/mol. The van der Waals surface area contributed by atoms with E-state index in [-0.39, 0.29) is 0 Å². The Balaban J connectivity index is 1.59. The van der Waals surface area contributed by atoms with Gasteiger partial charge in [-0.1, -0.05) is 53.0 Å². The highest BCUT2D eigenvalue weighted by Crippen LogP contribution is 2.28. The van der Waals surface area contributed by atoms with E-state index in [1.807, 2.05) is 60.7 Å². The van der Waals surface area contributed by atoms with E-state index in [1.165, 1.54) is 0 Å². The molecule has 0 saturated carbocycles. The zero-order chi connectivity index (χ0) is 18.5. The third kappa shape index (κ3) is 5.31. The van der Waals surface area contributed by atoms with E-state index in [0.717, 1.165) is 21.3 Å². The van der Waals surface area contributed by atoms with Crippen LogP contribution < -0.4 is 10.1 Å². The van der Waals surface area contributed by atoms with Gasteiger partial charge in [0.1, 0.15) is 12.4 Å². The van der Waals surface area contributed by atoms with Crippen LogP contribution in [0.5, 0.6) is 5.75 Å². The van der Waals surface area contributed by atoms with Crippen LogP contribution in [0.15, 0.2) is 65.1 Å². The third-order valence-electron chi connectivity index (χ3n) is 3.72. The molecule has 6 heteroatoms. The SMILES string of the molecule is Clc1ccc(COc2ccc(CNc3ccc(Br)c(Cl)c3)cc2Cl)cc1. The minimum absolute atomic E-state index is 0.436. The Morgan fingerprint density at radius 3 is 2.23 bits per heavy atom. The van der Waals surface area contributed by atoms with Gasteiger partial charge in [-0.05, 0) is 69.5 Å². The molecule has 3 aromatic rings. The molecule has 0 amide bonds. The van der Waals surface area contributed by atoms with E-state index < -0.39 is 0 Å². The van der Waals surface area contributed by atoms with Gasteiger partial charge in [-0.3, -0.25) is 0 Å². The van der Waals surface area contributed by atoms with Crippen molar-refractivity contribution >= 4 is 56.4 Å². The van der Waals surface area contributed by atoms with E-state index in [4.69, 9.17) is 39.5 Å². The largest absolute Gasteiger partial charge is 0.487 e. The van der Waals surface area contributed by atoms with Crippen LogP contribution in [0.1, 0.15) is 11.1 Å². The molecule has 0 aromatic heterocycles. The van der Waals surface area contributed by atoms with Gasteiger partial charge in [-0.25, -0.2) is 0 Å². The Morgan fingerprint density at radius 1 is 0.808 bits per heavy atom. The fraction of sp³-hybridized carbons (Fsp3) is 0.100. The maximum atomic E-state index is 6.35. The molecule has 3 rings (SSSR count). The molecule has 26 heavy (non-hydrogen) atoms. The Labute approximate surface area is 176 Å². The van der Waals surface area contributed by atoms with Gasteiger partial charge in [0, 0.05) is 21.7 Å². The Bertz CT molecular complexity index is 900. The molecule has 0 saturated heterocycles. The molecule has 0 fully saturated rings. The van der Waals surface area contributed by atoms with Crippen LogP contribution in [0.2, 0.25) is 15.1 Å². The molecule has 0 bridgehead atoms. The lowest BCUT2D eigenvalue weighted by Crippen LogP contribution is -2.00. The second kappa shape index (κ2) is 9.01. The van der Waals surface area contributed by atoms with Crippen LogP contribution in [0.3, 0.4) is 0 Å². The topological polar surface area (TPSA) is 21.3 Å². The standard InChI is InChI=1S/C20H15BrCl3NO/c21-17-7-6-16(10-18(17)23)25-11-14-3-8-20(19(24)9-14)26-12-13-1-4-15(22)5-2-13/h1-10,25H,11-12H2. The first-order valence-corrected chi connectivity index (χ1v) is 9.78. The summed E-state index contributed by atoms with van der Waals surface area (Å²) >= 11 is 21.7. The van der Waals surface area contributed by atoms with Crippen LogP contribution in [-0.2, 0) is 13.2 Å². The lowest BCUT2D eigenvalue weighted by atomic mass is 10.2. The van der Waals surface area contributed by atoms with Crippen molar-refractivity contribution in [2.45, 2.75) is 13.2 Å². The second-order valence-corrected chi connectivity index (χ2v) is 7.77. The minimum Gasteiger partial charge on any atom is -0.487 e. The predicted octanol–water partition coefficient (Wildman–Crippen LogP) is 7.60. The van der Waals surface area contributed by atoms with Crippen molar-refractivity contribution in [2.24, 2.45) is 0 Å². The highest BCUT2D eigenvalue weighted by Gasteiger charge is 2.05. The van der Waals surface area contributed by atoms with Crippen molar-refractivity contribution in [3.8, 4) is 5.75 Å². The monoisotopic (exact) mass is 469 g/mol. The predicted molar refractivity (Wildman–Crippen MR) is 114 cm³/mol. The summed E-state index contributed by atoms with van der Waals surface area (Å²) in [6.07, 6.45) is 0. The quantitative estimate of drug-likeness (QED) is 0.400. The van der Waals surface area contributed by atoms with Crippen molar-refractivity contribution in [2.75, 3.05) is 5.32 Å². The summed E-state index contributed by atoms with van der Waals surface area (Å²) in [5, 5.41) is 5.27. The van der Waals surface area contributed by atoms with Crippen LogP contribution in [0.25, 0.3) is 0 Å². The molecule has 0 heterocycles. The highest BCUT2D eigenvalue weighted by molar-refractivity contribution is 9.10. The molecule has 0 radical (unpaired) electrons. The molecule has 0 aliphatic carbocycles. The Kier molecular flexibility index (Phi) is 6.71. The number of ether oxygens (including phenoxy) is 1. The van der Waals surface area contributed by atoms with Crippen LogP contribution in [0.4, 0.5) is 5.69 Å². The molecule has 3 aromatic carbocycles. The first-order chi connectivity index (χ1) is 12.5. The van der Waals surface area contributed by atoms with Gasteiger partial charge < -0.3 is 10.1 Å². The molecule has 0 unspecified atom stereocenters. The number of hydrogen-bond donors (Lipinski definition) is 1. The summed E-state index contributed by atoms with van der Waals surface area (Å²) in [5.41, 5.74) is 3.02. The second-order valence-electron chi connectivity index (χ2n) is 5.66. The maximum Gasteiger partial charge on any atom is 0.138 e. The molecule has 0 spiro atoms. The number of halogens is 4. The van der Waals surface area contributed by atoms with E-state index >= 15 is 0 Å². The zero-order valence-electron chi connectivity index (χ0n) is 13.6. The first kappa shape index (κ1) is 19.4. The van der Waals surface area contributed by atoms with Crippen molar-refractivity contribution < 1.29 is 4.74 Å². The first-order valence-electron chi connectivity index (χ1n) is 7.86. The van der Waals surface area contributed by atoms with Gasteiger partial charge in [0.25, 0.3) is 0 Å². The fourth-order valence-electron chi connectivity index (χ4n) is 2.32. The van der Waals surface area contributed by atoms with Gasteiger partial charge in [0.15, 0.2) is 0 Å². The van der Waals surface area contributed by atoms with E-state index in [9.17, 15) is 0 Å². The van der Waals surface area contributed by atoms with E-state index in [2.05, 4.69) is 21.2 Å². The van der Waals surface area contributed by atoms with Crippen molar-refractivity contribution in [3.63, 3.8) is 0 Å². The summed E-state index contributed by atoms with van der Waals surface area (Å²) in [6.45, 7) is 1.07. The summed E-state index contributed by atoms with van der Waals surface area (Å²) in [6, 6.07) is 19.0. The Hall–Kier alpha value is -1.39. The normalized spacial score (nSPS) is 10.6. The molecule has 134 valence electrons. The zero-order valence-corrected chi connectivity index (χ0v) is 17.5. The maximum absolute atomic E-state index is 6.35. The van der Waals surface area contributed by atoms with Crippen molar-refractivity contribution in [3.05, 3.63) is 91.3 Å². The average Bonchev–Trinajstić information content (AvgIpc) is 2.63. The molecule has 1 N–H and O–H groups in total. The lowest BCUT2D eigenvalue weighted by molar-refractivity contribution is 0.306. The smallest absolute Gasteiger partial charge is 0.138 e. The van der Waals surface area contributed by atoms with Gasteiger partial charge in [0.2, 0.25) is 0 Å². The average molecular weight is 472 g/mol. The number of hydrogen-bond acceptors (Lipinski definition) is 2. The Morgan fingerprint density at radius 2 is 1.54 bits per heavy atom. The van der Waals surface area contributed by atoms with E-state index in [1.54, 1.807) is 0 Å². The van der Waals surface area contributed by atoms with Gasteiger partial charge in [0.05, 0.1) is 10.0 Å². The van der Waals surface area contributed by atoms with Crippen molar-refractivity contribution in [1.29, 1.82) is 0 Å². The number of anilines is 1. The number of benzene rings is 3. The summed E-state index contributed by atoms with van der Waals surface area (Å²) in [4.78, 5) is 0. The van der Waals surface area contributed by atoms with Crippen molar-refractivity contribution in [1.82, 2.24) is 0 Å². The minimum atomic E-state index is 0.436. The van der Waals surface area contributed by atoms with Gasteiger partial charge in [-0.15, -0.1) is 0 Å². The third-order valence-corrected chi connectivity index (χ3v) is 5.50. The van der Waals surface area contributed by atoms with Crippen LogP contribution in [-0.4, -0.2) is 0 Å². The fourth-order valence-corrected chi connectivity index (χ4v) is 3.13. The van der Waals surface area contributed by atoms with Crippen LogP contribution >= 0.6 is 50.7 Å². The number of nitrogens with one attached hydrogen (secondary N) is 1. The summed E-state index contributed by atoms with van der Waals surface area (Å²) in [5.74, 6) is 0.650. The molecule has 0 aliphatic heterocycles. The lowest BCUT2D eigenvalue weighted by Gasteiger charge is -2.11. The summed E-state index contributed by atoms with van der Waals surface area (Å²) in [7, 11) is 0. The number of rotatable bonds is 6. The molecule has 2 nitrogen and oxygen atoms in total. The summed E-state index contributed by atoms with van der Waals surface area (Å²) < 4.78 is 6.66. The van der Waals surface area contributed by atoms with Gasteiger partial charge in [-0.2, -0.15) is 0 Å². The van der Waals surface area contributed by atoms with Gasteiger partial charge >= 0.3 is 0 Å². The molecule has 0 aliphatic rings. The molecule has 0 atom stereocenters. The highest BCUT2D eigenvalue weighted by atomic mass is 79.9.